The Morgan fingerprint density at radius 1 is 1.29 bits per heavy atom. The van der Waals surface area contributed by atoms with Crippen LogP contribution in [0.3, 0.4) is 0 Å². The maximum Gasteiger partial charge on any atom is 0.123 e. The Balaban J connectivity index is 2.34. The monoisotopic (exact) mass is 227 g/mol. The predicted molar refractivity (Wildman–Crippen MR) is 70.6 cm³/mol. The number of methoxy groups -OCH3 is 1. The van der Waals surface area contributed by atoms with Crippen LogP contribution < -0.4 is 10.5 Å². The highest BCUT2D eigenvalue weighted by Crippen LogP contribution is 2.44. The summed E-state index contributed by atoms with van der Waals surface area (Å²) in [5.74, 6) is 1.36. The van der Waals surface area contributed by atoms with Crippen LogP contribution in [0.4, 0.5) is 0 Å². The van der Waals surface area contributed by atoms with E-state index in [9.17, 15) is 0 Å². The lowest BCUT2D eigenvalue weighted by atomic mass is 9.93. The van der Waals surface area contributed by atoms with Crippen molar-refractivity contribution in [1.82, 2.24) is 0 Å². The van der Waals surface area contributed by atoms with Crippen molar-refractivity contribution in [3.05, 3.63) is 41.5 Å². The minimum absolute atomic E-state index is 0.155. The van der Waals surface area contributed by atoms with E-state index in [1.807, 2.05) is 0 Å². The second kappa shape index (κ2) is 3.74. The Hall–Kier alpha value is -1.54. The van der Waals surface area contributed by atoms with Crippen molar-refractivity contribution >= 4 is 10.8 Å². The zero-order chi connectivity index (χ0) is 12.0. The lowest BCUT2D eigenvalue weighted by Crippen LogP contribution is -2.24. The van der Waals surface area contributed by atoms with Crippen LogP contribution in [-0.2, 0) is 6.42 Å². The molecule has 0 saturated heterocycles. The van der Waals surface area contributed by atoms with E-state index in [0.717, 1.165) is 12.2 Å². The van der Waals surface area contributed by atoms with Gasteiger partial charge in [0.1, 0.15) is 5.75 Å². The van der Waals surface area contributed by atoms with Crippen molar-refractivity contribution in [2.75, 3.05) is 7.11 Å². The van der Waals surface area contributed by atoms with Crippen molar-refractivity contribution in [1.29, 1.82) is 0 Å². The molecule has 0 aromatic heterocycles. The van der Waals surface area contributed by atoms with Gasteiger partial charge in [-0.1, -0.05) is 24.3 Å². The van der Waals surface area contributed by atoms with Gasteiger partial charge in [0.05, 0.1) is 7.11 Å². The maximum absolute atomic E-state index is 6.12. The molecule has 0 fully saturated rings. The summed E-state index contributed by atoms with van der Waals surface area (Å²) >= 11 is 0. The molecule has 0 radical (unpaired) electrons. The molecule has 17 heavy (non-hydrogen) atoms. The molecular weight excluding hydrogens is 210 g/mol. The molecule has 2 aromatic rings. The summed E-state index contributed by atoms with van der Waals surface area (Å²) in [6, 6.07) is 10.8. The number of benzene rings is 2. The standard InChI is InChI=1S/C15H17NO/c1-9(16)12-8-11-5-3-4-10-6-7-13(17-2)15(12)14(10)11/h3-7,9,12H,8,16H2,1-2H3. The summed E-state index contributed by atoms with van der Waals surface area (Å²) in [6.45, 7) is 2.08. The second-order valence-corrected chi connectivity index (χ2v) is 4.87. The fraction of sp³-hybridized carbons (Fsp3) is 0.333. The Morgan fingerprint density at radius 3 is 2.82 bits per heavy atom. The minimum atomic E-state index is 0.155. The summed E-state index contributed by atoms with van der Waals surface area (Å²) in [6.07, 6.45) is 1.03. The third-order valence-corrected chi connectivity index (χ3v) is 3.80. The van der Waals surface area contributed by atoms with Crippen LogP contribution in [0.5, 0.6) is 5.75 Å². The molecule has 0 heterocycles. The van der Waals surface area contributed by atoms with Gasteiger partial charge in [0, 0.05) is 17.5 Å². The molecular formula is C15H17NO. The first-order valence-electron chi connectivity index (χ1n) is 6.06. The van der Waals surface area contributed by atoms with Crippen LogP contribution in [0.15, 0.2) is 30.3 Å². The van der Waals surface area contributed by atoms with E-state index < -0.39 is 0 Å². The second-order valence-electron chi connectivity index (χ2n) is 4.87. The lowest BCUT2D eigenvalue weighted by Gasteiger charge is -2.18. The molecule has 2 nitrogen and oxygen atoms in total. The molecule has 1 aliphatic rings. The van der Waals surface area contributed by atoms with Crippen molar-refractivity contribution in [2.45, 2.75) is 25.3 Å². The fourth-order valence-electron chi connectivity index (χ4n) is 2.97. The van der Waals surface area contributed by atoms with Crippen LogP contribution in [0.2, 0.25) is 0 Å². The van der Waals surface area contributed by atoms with Crippen LogP contribution in [0.25, 0.3) is 10.8 Å². The van der Waals surface area contributed by atoms with Gasteiger partial charge in [-0.2, -0.15) is 0 Å². The maximum atomic E-state index is 6.12. The predicted octanol–water partition coefficient (Wildman–Crippen LogP) is 2.84. The normalized spacial score (nSPS) is 19.6. The van der Waals surface area contributed by atoms with E-state index >= 15 is 0 Å². The van der Waals surface area contributed by atoms with Crippen LogP contribution in [-0.4, -0.2) is 13.2 Å². The average molecular weight is 227 g/mol. The number of nitrogens with two attached hydrogens (primary N) is 1. The molecule has 2 atom stereocenters. The summed E-state index contributed by atoms with van der Waals surface area (Å²) in [7, 11) is 1.73. The summed E-state index contributed by atoms with van der Waals surface area (Å²) < 4.78 is 5.50. The highest BCUT2D eigenvalue weighted by molar-refractivity contribution is 5.93. The Kier molecular flexibility index (Phi) is 2.33. The van der Waals surface area contributed by atoms with Gasteiger partial charge < -0.3 is 10.5 Å². The Labute approximate surface area is 101 Å². The van der Waals surface area contributed by atoms with E-state index in [2.05, 4.69) is 37.3 Å². The molecule has 0 amide bonds. The summed E-state index contributed by atoms with van der Waals surface area (Å²) in [5, 5.41) is 2.65. The van der Waals surface area contributed by atoms with E-state index in [4.69, 9.17) is 10.5 Å². The van der Waals surface area contributed by atoms with E-state index in [0.29, 0.717) is 5.92 Å². The fourth-order valence-corrected chi connectivity index (χ4v) is 2.97. The molecule has 2 N–H and O–H groups in total. The van der Waals surface area contributed by atoms with Gasteiger partial charge in [-0.25, -0.2) is 0 Å². The largest absolute Gasteiger partial charge is 0.496 e. The topological polar surface area (TPSA) is 35.2 Å². The molecule has 0 bridgehead atoms. The number of hydrogen-bond donors (Lipinski definition) is 1. The Morgan fingerprint density at radius 2 is 2.12 bits per heavy atom. The van der Waals surface area contributed by atoms with Crippen LogP contribution in [0.1, 0.15) is 24.0 Å². The van der Waals surface area contributed by atoms with Crippen molar-refractivity contribution in [3.63, 3.8) is 0 Å². The number of rotatable bonds is 2. The molecule has 3 rings (SSSR count). The molecule has 88 valence electrons. The quantitative estimate of drug-likeness (QED) is 0.856. The number of ether oxygens (including phenoxy) is 1. The first-order valence-corrected chi connectivity index (χ1v) is 6.06. The molecule has 0 saturated carbocycles. The van der Waals surface area contributed by atoms with Gasteiger partial charge in [-0.05, 0) is 35.7 Å². The molecule has 2 unspecified atom stereocenters. The first-order chi connectivity index (χ1) is 8.22. The van der Waals surface area contributed by atoms with E-state index in [1.165, 1.54) is 21.9 Å². The molecule has 2 heteroatoms. The van der Waals surface area contributed by atoms with E-state index in [-0.39, 0.29) is 6.04 Å². The zero-order valence-electron chi connectivity index (χ0n) is 10.2. The minimum Gasteiger partial charge on any atom is -0.496 e. The Bertz CT molecular complexity index is 574. The smallest absolute Gasteiger partial charge is 0.123 e. The van der Waals surface area contributed by atoms with Gasteiger partial charge in [0.2, 0.25) is 0 Å². The van der Waals surface area contributed by atoms with E-state index in [1.54, 1.807) is 7.11 Å². The first kappa shape index (κ1) is 10.6. The molecule has 2 aromatic carbocycles. The molecule has 1 aliphatic carbocycles. The van der Waals surface area contributed by atoms with Gasteiger partial charge in [0.25, 0.3) is 0 Å². The average Bonchev–Trinajstić information content (AvgIpc) is 2.72. The van der Waals surface area contributed by atoms with Crippen molar-refractivity contribution in [3.8, 4) is 5.75 Å². The number of hydrogen-bond acceptors (Lipinski definition) is 2. The summed E-state index contributed by atoms with van der Waals surface area (Å²) in [5.41, 5.74) is 8.82. The van der Waals surface area contributed by atoms with Crippen molar-refractivity contribution < 1.29 is 4.74 Å². The highest BCUT2D eigenvalue weighted by Gasteiger charge is 2.29. The molecule has 0 aliphatic heterocycles. The third kappa shape index (κ3) is 1.44. The van der Waals surface area contributed by atoms with Crippen molar-refractivity contribution in [2.24, 2.45) is 5.73 Å². The van der Waals surface area contributed by atoms with Gasteiger partial charge >= 0.3 is 0 Å². The van der Waals surface area contributed by atoms with Crippen LogP contribution >= 0.6 is 0 Å². The lowest BCUT2D eigenvalue weighted by molar-refractivity contribution is 0.404. The molecule has 0 spiro atoms. The van der Waals surface area contributed by atoms with Gasteiger partial charge in [0.15, 0.2) is 0 Å². The summed E-state index contributed by atoms with van der Waals surface area (Å²) in [4.78, 5) is 0. The van der Waals surface area contributed by atoms with Crippen LogP contribution in [0, 0.1) is 0 Å². The SMILES string of the molecule is COc1ccc2cccc3c2c1C(C(C)N)C3. The van der Waals surface area contributed by atoms with Gasteiger partial charge in [-0.3, -0.25) is 0 Å². The third-order valence-electron chi connectivity index (χ3n) is 3.80. The zero-order valence-corrected chi connectivity index (χ0v) is 10.2. The highest BCUT2D eigenvalue weighted by atomic mass is 16.5. The van der Waals surface area contributed by atoms with Gasteiger partial charge in [-0.15, -0.1) is 0 Å².